The predicted molar refractivity (Wildman–Crippen MR) is 124 cm³/mol. The highest BCUT2D eigenvalue weighted by Crippen LogP contribution is 2.56. The van der Waals surface area contributed by atoms with E-state index in [1.807, 2.05) is 13.0 Å². The van der Waals surface area contributed by atoms with E-state index in [9.17, 15) is 9.59 Å². The van der Waals surface area contributed by atoms with Gasteiger partial charge in [-0.3, -0.25) is 4.79 Å². The van der Waals surface area contributed by atoms with Gasteiger partial charge in [0.25, 0.3) is 0 Å². The molecule has 1 fully saturated rings. The summed E-state index contributed by atoms with van der Waals surface area (Å²) in [5.74, 6) is -1.37. The fraction of sp³-hybridized carbons (Fsp3) is 0.538. The fourth-order valence-corrected chi connectivity index (χ4v) is 4.46. The van der Waals surface area contributed by atoms with Crippen LogP contribution in [0, 0.1) is 5.92 Å². The lowest BCUT2D eigenvalue weighted by Gasteiger charge is -2.42. The molecule has 31 heavy (non-hydrogen) atoms. The van der Waals surface area contributed by atoms with Crippen molar-refractivity contribution in [3.8, 4) is 0 Å². The average molecular weight is 428 g/mol. The van der Waals surface area contributed by atoms with Gasteiger partial charge in [0.15, 0.2) is 0 Å². The summed E-state index contributed by atoms with van der Waals surface area (Å²) >= 11 is 0. The van der Waals surface area contributed by atoms with E-state index in [0.29, 0.717) is 5.92 Å². The van der Waals surface area contributed by atoms with Crippen LogP contribution in [0.4, 0.5) is 0 Å². The molecule has 0 unspecified atom stereocenters. The highest BCUT2D eigenvalue weighted by atomic mass is 16.4. The number of fused-ring (bicyclic) bond motifs is 1. The first-order valence-corrected chi connectivity index (χ1v) is 10.9. The van der Waals surface area contributed by atoms with E-state index in [4.69, 9.17) is 10.2 Å². The SMILES string of the molecule is CC(/C=C/[C@@H]1C[C@]1(C)c1ccc2c(c1)C(C)(C)CCC2(C)C)=C\C(=O)O.NCC(=O)O. The molecule has 0 saturated heterocycles. The number of hydrogen-bond acceptors (Lipinski definition) is 3. The van der Waals surface area contributed by atoms with Crippen molar-refractivity contribution < 1.29 is 19.8 Å². The van der Waals surface area contributed by atoms with Crippen molar-refractivity contribution in [2.75, 3.05) is 6.54 Å². The molecule has 5 nitrogen and oxygen atoms in total. The standard InChI is InChI=1S/C24H32O2.C2H5NO2/c1-16(13-21(25)26)7-8-18-15-24(18,6)17-9-10-19-20(14-17)23(4,5)12-11-22(19,2)3;3-1-2(4)5/h7-10,13-14,18H,11-12,15H2,1-6H3,(H,25,26);1,3H2,(H,4,5)/b8-7+,16-13+;/t18-,24-;/m1./s1. The highest BCUT2D eigenvalue weighted by molar-refractivity contribution is 5.81. The van der Waals surface area contributed by atoms with Crippen LogP contribution in [0.25, 0.3) is 0 Å². The molecule has 0 radical (unpaired) electrons. The van der Waals surface area contributed by atoms with Crippen LogP contribution in [0.2, 0.25) is 0 Å². The molecule has 0 aromatic heterocycles. The Balaban J connectivity index is 0.000000614. The third-order valence-corrected chi connectivity index (χ3v) is 6.93. The van der Waals surface area contributed by atoms with Crippen LogP contribution < -0.4 is 5.73 Å². The first-order chi connectivity index (χ1) is 14.2. The Morgan fingerprint density at radius 2 is 1.61 bits per heavy atom. The molecule has 170 valence electrons. The Kier molecular flexibility index (Phi) is 7.21. The van der Waals surface area contributed by atoms with Crippen LogP contribution in [0.5, 0.6) is 0 Å². The summed E-state index contributed by atoms with van der Waals surface area (Å²) in [5, 5.41) is 16.4. The van der Waals surface area contributed by atoms with E-state index in [1.165, 1.54) is 35.6 Å². The minimum absolute atomic E-state index is 0.173. The molecule has 2 atom stereocenters. The Morgan fingerprint density at radius 3 is 2.13 bits per heavy atom. The zero-order valence-corrected chi connectivity index (χ0v) is 19.7. The molecule has 2 aliphatic carbocycles. The normalized spacial score (nSPS) is 25.9. The number of hydrogen-bond donors (Lipinski definition) is 3. The average Bonchev–Trinajstić information content (AvgIpc) is 3.35. The maximum absolute atomic E-state index is 10.8. The quantitative estimate of drug-likeness (QED) is 0.457. The van der Waals surface area contributed by atoms with Gasteiger partial charge in [0.1, 0.15) is 0 Å². The minimum atomic E-state index is -0.968. The summed E-state index contributed by atoms with van der Waals surface area (Å²) in [4.78, 5) is 20.0. The van der Waals surface area contributed by atoms with Crippen LogP contribution in [-0.4, -0.2) is 28.7 Å². The number of carboxylic acid groups (broad SMARTS) is 2. The number of benzene rings is 1. The van der Waals surface area contributed by atoms with Crippen molar-refractivity contribution in [2.24, 2.45) is 11.7 Å². The molecule has 0 aliphatic heterocycles. The summed E-state index contributed by atoms with van der Waals surface area (Å²) in [7, 11) is 0. The molecular formula is C26H37NO4. The van der Waals surface area contributed by atoms with Crippen molar-refractivity contribution in [1.29, 1.82) is 0 Å². The van der Waals surface area contributed by atoms with Gasteiger partial charge in [-0.05, 0) is 70.6 Å². The molecule has 1 saturated carbocycles. The van der Waals surface area contributed by atoms with Gasteiger partial charge >= 0.3 is 11.9 Å². The Hall–Kier alpha value is -2.40. The van der Waals surface area contributed by atoms with Crippen LogP contribution in [0.15, 0.2) is 42.0 Å². The second-order valence-corrected chi connectivity index (χ2v) is 10.4. The van der Waals surface area contributed by atoms with E-state index < -0.39 is 11.9 Å². The molecule has 1 aromatic carbocycles. The van der Waals surface area contributed by atoms with Crippen molar-refractivity contribution in [2.45, 2.75) is 77.0 Å². The van der Waals surface area contributed by atoms with Gasteiger partial charge < -0.3 is 15.9 Å². The maximum atomic E-state index is 10.8. The van der Waals surface area contributed by atoms with Crippen molar-refractivity contribution in [3.05, 3.63) is 58.7 Å². The molecule has 3 rings (SSSR count). The van der Waals surface area contributed by atoms with Gasteiger partial charge in [-0.15, -0.1) is 0 Å². The van der Waals surface area contributed by atoms with E-state index in [0.717, 1.165) is 12.0 Å². The lowest BCUT2D eigenvalue weighted by Crippen LogP contribution is -2.34. The highest BCUT2D eigenvalue weighted by Gasteiger charge is 2.50. The molecular weight excluding hydrogens is 390 g/mol. The lowest BCUT2D eigenvalue weighted by atomic mass is 9.62. The monoisotopic (exact) mass is 427 g/mol. The third kappa shape index (κ3) is 5.85. The van der Waals surface area contributed by atoms with Gasteiger partial charge in [0.05, 0.1) is 6.54 Å². The number of aliphatic carboxylic acids is 2. The van der Waals surface area contributed by atoms with E-state index in [2.05, 4.69) is 64.6 Å². The number of allylic oxidation sites excluding steroid dienone is 3. The molecule has 0 amide bonds. The Morgan fingerprint density at radius 1 is 1.06 bits per heavy atom. The summed E-state index contributed by atoms with van der Waals surface area (Å²) in [6, 6.07) is 7.16. The summed E-state index contributed by atoms with van der Waals surface area (Å²) in [5.41, 5.74) is 10.5. The number of carbonyl (C=O) groups is 2. The smallest absolute Gasteiger partial charge is 0.328 e. The van der Waals surface area contributed by atoms with Gasteiger partial charge in [0.2, 0.25) is 0 Å². The minimum Gasteiger partial charge on any atom is -0.480 e. The van der Waals surface area contributed by atoms with Gasteiger partial charge in [-0.1, -0.05) is 65.0 Å². The van der Waals surface area contributed by atoms with Crippen molar-refractivity contribution >= 4 is 11.9 Å². The van der Waals surface area contributed by atoms with Crippen molar-refractivity contribution in [1.82, 2.24) is 0 Å². The topological polar surface area (TPSA) is 101 Å². The van der Waals surface area contributed by atoms with E-state index >= 15 is 0 Å². The maximum Gasteiger partial charge on any atom is 0.328 e. The second kappa shape index (κ2) is 8.99. The number of nitrogens with two attached hydrogens (primary N) is 1. The predicted octanol–water partition coefficient (Wildman–Crippen LogP) is 4.93. The summed E-state index contributed by atoms with van der Waals surface area (Å²) in [6.07, 6.45) is 9.00. The molecule has 0 spiro atoms. The second-order valence-electron chi connectivity index (χ2n) is 10.4. The molecule has 0 heterocycles. The summed E-state index contributed by atoms with van der Waals surface area (Å²) < 4.78 is 0. The molecule has 5 heteroatoms. The zero-order chi connectivity index (χ0) is 23.6. The first kappa shape index (κ1) is 24.9. The van der Waals surface area contributed by atoms with Gasteiger partial charge in [-0.2, -0.15) is 0 Å². The third-order valence-electron chi connectivity index (χ3n) is 6.93. The molecule has 0 bridgehead atoms. The first-order valence-electron chi connectivity index (χ1n) is 10.9. The Labute approximate surface area is 186 Å². The lowest BCUT2D eigenvalue weighted by molar-refractivity contribution is -0.135. The van der Waals surface area contributed by atoms with E-state index in [1.54, 1.807) is 0 Å². The molecule has 1 aromatic rings. The Bertz CT molecular complexity index is 910. The van der Waals surface area contributed by atoms with Crippen LogP contribution in [-0.2, 0) is 25.8 Å². The van der Waals surface area contributed by atoms with Crippen LogP contribution >= 0.6 is 0 Å². The fourth-order valence-electron chi connectivity index (χ4n) is 4.46. The zero-order valence-electron chi connectivity index (χ0n) is 19.7. The number of rotatable bonds is 5. The van der Waals surface area contributed by atoms with Crippen LogP contribution in [0.3, 0.4) is 0 Å². The number of carboxylic acids is 2. The van der Waals surface area contributed by atoms with Crippen LogP contribution in [0.1, 0.15) is 77.5 Å². The van der Waals surface area contributed by atoms with Gasteiger partial charge in [-0.25, -0.2) is 4.79 Å². The van der Waals surface area contributed by atoms with E-state index in [-0.39, 0.29) is 22.8 Å². The largest absolute Gasteiger partial charge is 0.480 e. The van der Waals surface area contributed by atoms with Crippen molar-refractivity contribution in [3.63, 3.8) is 0 Å². The molecule has 4 N–H and O–H groups in total. The summed E-state index contributed by atoms with van der Waals surface area (Å²) in [6.45, 7) is 13.4. The molecule has 2 aliphatic rings. The van der Waals surface area contributed by atoms with Gasteiger partial charge in [0, 0.05) is 6.08 Å².